The summed E-state index contributed by atoms with van der Waals surface area (Å²) in [6.45, 7) is 4.34. The lowest BCUT2D eigenvalue weighted by Crippen LogP contribution is -2.29. The molecule has 1 aromatic carbocycles. The van der Waals surface area contributed by atoms with Gasteiger partial charge in [-0.2, -0.15) is 0 Å². The van der Waals surface area contributed by atoms with Gasteiger partial charge in [-0.05, 0) is 31.0 Å². The Balaban J connectivity index is 1.56. The van der Waals surface area contributed by atoms with Crippen molar-refractivity contribution in [1.82, 2.24) is 15.0 Å². The first-order chi connectivity index (χ1) is 10.3. The van der Waals surface area contributed by atoms with Gasteiger partial charge in [-0.3, -0.25) is 4.90 Å². The summed E-state index contributed by atoms with van der Waals surface area (Å²) in [5.41, 5.74) is 5.62. The van der Waals surface area contributed by atoms with Gasteiger partial charge in [0.05, 0.1) is 21.9 Å². The van der Waals surface area contributed by atoms with Gasteiger partial charge >= 0.3 is 0 Å². The molecule has 0 spiro atoms. The van der Waals surface area contributed by atoms with Crippen molar-refractivity contribution in [3.8, 4) is 0 Å². The Morgan fingerprint density at radius 3 is 3.14 bits per heavy atom. The second-order valence-corrected chi connectivity index (χ2v) is 6.45. The fourth-order valence-electron chi connectivity index (χ4n) is 3.05. The molecule has 21 heavy (non-hydrogen) atoms. The van der Waals surface area contributed by atoms with E-state index in [0.29, 0.717) is 6.04 Å². The van der Waals surface area contributed by atoms with Crippen LogP contribution < -0.4 is 0 Å². The predicted octanol–water partition coefficient (Wildman–Crippen LogP) is 3.45. The first kappa shape index (κ1) is 13.0. The molecule has 1 aliphatic heterocycles. The van der Waals surface area contributed by atoms with Crippen LogP contribution in [0.15, 0.2) is 34.4 Å². The molecule has 0 radical (unpaired) electrons. The number of benzene rings is 1. The molecule has 0 saturated carbocycles. The molecule has 0 N–H and O–H groups in total. The molecule has 5 heteroatoms. The van der Waals surface area contributed by atoms with Crippen LogP contribution in [0.1, 0.15) is 29.9 Å². The number of hydrogen-bond acceptors (Lipinski definition) is 5. The van der Waals surface area contributed by atoms with Crippen molar-refractivity contribution in [3.63, 3.8) is 0 Å². The molecule has 2 aromatic heterocycles. The van der Waals surface area contributed by atoms with Gasteiger partial charge in [-0.25, -0.2) is 4.98 Å². The third kappa shape index (κ3) is 2.36. The molecule has 0 fully saturated rings. The maximum absolute atomic E-state index is 5.33. The smallest absolute Gasteiger partial charge is 0.141 e. The van der Waals surface area contributed by atoms with E-state index in [9.17, 15) is 0 Å². The normalized spacial score (nSPS) is 17.6. The largest absolute Gasteiger partial charge is 0.361 e. The third-order valence-electron chi connectivity index (χ3n) is 4.41. The van der Waals surface area contributed by atoms with Gasteiger partial charge in [0.1, 0.15) is 5.76 Å². The van der Waals surface area contributed by atoms with Gasteiger partial charge in [0, 0.05) is 31.1 Å². The average Bonchev–Trinajstić information content (AvgIpc) is 3.11. The maximum atomic E-state index is 5.33. The van der Waals surface area contributed by atoms with Crippen molar-refractivity contribution in [2.45, 2.75) is 25.8 Å². The standard InChI is InChI=1S/C16H17N3OS/c1-11(12-2-3-16-14(8-12)17-10-21-16)19-6-4-13-9-18-20-15(13)5-7-19/h2-3,8-11H,4-7H2,1H3. The lowest BCUT2D eigenvalue weighted by Gasteiger charge is -2.27. The molecular formula is C16H17N3OS. The number of fused-ring (bicyclic) bond motifs is 2. The summed E-state index contributed by atoms with van der Waals surface area (Å²) in [4.78, 5) is 6.94. The van der Waals surface area contributed by atoms with Crippen LogP contribution in [-0.2, 0) is 12.8 Å². The molecule has 0 saturated heterocycles. The summed E-state index contributed by atoms with van der Waals surface area (Å²) in [6, 6.07) is 7.04. The Labute approximate surface area is 127 Å². The van der Waals surface area contributed by atoms with Crippen molar-refractivity contribution >= 4 is 21.6 Å². The monoisotopic (exact) mass is 299 g/mol. The molecule has 1 atom stereocenters. The number of thiazole rings is 1. The van der Waals surface area contributed by atoms with Crippen LogP contribution in [0.4, 0.5) is 0 Å². The SMILES string of the molecule is CC(c1ccc2scnc2c1)N1CCc2cnoc2CC1. The summed E-state index contributed by atoms with van der Waals surface area (Å²) >= 11 is 1.70. The van der Waals surface area contributed by atoms with E-state index in [1.165, 1.54) is 15.8 Å². The van der Waals surface area contributed by atoms with Gasteiger partial charge in [0.2, 0.25) is 0 Å². The maximum Gasteiger partial charge on any atom is 0.141 e. The van der Waals surface area contributed by atoms with Crippen LogP contribution in [0.5, 0.6) is 0 Å². The van der Waals surface area contributed by atoms with Crippen LogP contribution >= 0.6 is 11.3 Å². The second kappa shape index (κ2) is 5.24. The lowest BCUT2D eigenvalue weighted by atomic mass is 10.1. The van der Waals surface area contributed by atoms with Gasteiger partial charge in [0.15, 0.2) is 0 Å². The van der Waals surface area contributed by atoms with Gasteiger partial charge in [-0.1, -0.05) is 11.2 Å². The Kier molecular flexibility index (Phi) is 3.24. The number of hydrogen-bond donors (Lipinski definition) is 0. The Morgan fingerprint density at radius 1 is 1.29 bits per heavy atom. The zero-order valence-corrected chi connectivity index (χ0v) is 12.8. The van der Waals surface area contributed by atoms with Crippen LogP contribution in [-0.4, -0.2) is 28.1 Å². The Bertz CT molecular complexity index is 741. The van der Waals surface area contributed by atoms with Gasteiger partial charge < -0.3 is 4.52 Å². The summed E-state index contributed by atoms with van der Waals surface area (Å²) in [5.74, 6) is 1.06. The quantitative estimate of drug-likeness (QED) is 0.727. The molecule has 0 aliphatic carbocycles. The highest BCUT2D eigenvalue weighted by Crippen LogP contribution is 2.27. The fourth-order valence-corrected chi connectivity index (χ4v) is 3.71. The highest BCUT2D eigenvalue weighted by molar-refractivity contribution is 7.16. The van der Waals surface area contributed by atoms with Crippen molar-refractivity contribution in [3.05, 3.63) is 46.8 Å². The average molecular weight is 299 g/mol. The minimum Gasteiger partial charge on any atom is -0.361 e. The summed E-state index contributed by atoms with van der Waals surface area (Å²) in [7, 11) is 0. The molecular weight excluding hydrogens is 282 g/mol. The predicted molar refractivity (Wildman–Crippen MR) is 83.5 cm³/mol. The van der Waals surface area contributed by atoms with Crippen LogP contribution in [0.25, 0.3) is 10.2 Å². The highest BCUT2D eigenvalue weighted by Gasteiger charge is 2.22. The third-order valence-corrected chi connectivity index (χ3v) is 5.22. The van der Waals surface area contributed by atoms with Crippen molar-refractivity contribution in [2.24, 2.45) is 0 Å². The molecule has 1 aliphatic rings. The highest BCUT2D eigenvalue weighted by atomic mass is 32.1. The minimum atomic E-state index is 0.396. The van der Waals surface area contributed by atoms with Crippen molar-refractivity contribution in [2.75, 3.05) is 13.1 Å². The Morgan fingerprint density at radius 2 is 2.19 bits per heavy atom. The molecule has 0 bridgehead atoms. The van der Waals surface area contributed by atoms with Crippen molar-refractivity contribution in [1.29, 1.82) is 0 Å². The second-order valence-electron chi connectivity index (χ2n) is 5.57. The minimum absolute atomic E-state index is 0.396. The van der Waals surface area contributed by atoms with E-state index in [0.717, 1.165) is 37.2 Å². The van der Waals surface area contributed by atoms with Crippen LogP contribution in [0.3, 0.4) is 0 Å². The number of rotatable bonds is 2. The fraction of sp³-hybridized carbons (Fsp3) is 0.375. The van der Waals surface area contributed by atoms with E-state index in [1.54, 1.807) is 11.3 Å². The van der Waals surface area contributed by atoms with Crippen molar-refractivity contribution < 1.29 is 4.52 Å². The van der Waals surface area contributed by atoms with E-state index < -0.39 is 0 Å². The first-order valence-corrected chi connectivity index (χ1v) is 8.19. The molecule has 0 amide bonds. The Hall–Kier alpha value is -1.72. The lowest BCUT2D eigenvalue weighted by molar-refractivity contribution is 0.216. The van der Waals surface area contributed by atoms with Gasteiger partial charge in [0.25, 0.3) is 0 Å². The van der Waals surface area contributed by atoms with Gasteiger partial charge in [-0.15, -0.1) is 11.3 Å². The van der Waals surface area contributed by atoms with E-state index >= 15 is 0 Å². The topological polar surface area (TPSA) is 42.2 Å². The molecule has 4 rings (SSSR count). The van der Waals surface area contributed by atoms with E-state index in [-0.39, 0.29) is 0 Å². The molecule has 108 valence electrons. The first-order valence-electron chi connectivity index (χ1n) is 7.31. The van der Waals surface area contributed by atoms with Crippen LogP contribution in [0.2, 0.25) is 0 Å². The molecule has 3 aromatic rings. The summed E-state index contributed by atoms with van der Waals surface area (Å²) in [5, 5.41) is 3.90. The summed E-state index contributed by atoms with van der Waals surface area (Å²) in [6.07, 6.45) is 3.82. The zero-order valence-electron chi connectivity index (χ0n) is 12.0. The van der Waals surface area contributed by atoms with E-state index in [4.69, 9.17) is 4.52 Å². The summed E-state index contributed by atoms with van der Waals surface area (Å²) < 4.78 is 6.59. The molecule has 3 heterocycles. The number of nitrogens with zero attached hydrogens (tertiary/aromatic N) is 3. The number of aromatic nitrogens is 2. The van der Waals surface area contributed by atoms with E-state index in [2.05, 4.69) is 40.2 Å². The van der Waals surface area contributed by atoms with Crippen LogP contribution in [0, 0.1) is 0 Å². The molecule has 1 unspecified atom stereocenters. The molecule has 4 nitrogen and oxygen atoms in total. The van der Waals surface area contributed by atoms with E-state index in [1.807, 2.05) is 11.7 Å². The zero-order chi connectivity index (χ0) is 14.2.